The van der Waals surface area contributed by atoms with Crippen molar-refractivity contribution in [3.05, 3.63) is 18.0 Å². The van der Waals surface area contributed by atoms with E-state index in [4.69, 9.17) is 4.74 Å². The highest BCUT2D eigenvalue weighted by Crippen LogP contribution is 2.34. The van der Waals surface area contributed by atoms with Gasteiger partial charge in [-0.25, -0.2) is 0 Å². The Hall–Kier alpha value is -1.89. The topological polar surface area (TPSA) is 95.5 Å². The Morgan fingerprint density at radius 1 is 1.55 bits per heavy atom. The Bertz CT molecular complexity index is 503. The van der Waals surface area contributed by atoms with Gasteiger partial charge in [-0.2, -0.15) is 5.10 Å². The summed E-state index contributed by atoms with van der Waals surface area (Å²) < 4.78 is 5.03. The van der Waals surface area contributed by atoms with Crippen molar-refractivity contribution in [2.24, 2.45) is 5.41 Å². The van der Waals surface area contributed by atoms with E-state index in [0.29, 0.717) is 45.3 Å². The SMILES string of the molecule is COCC[C@@]1(C(=O)O)CCCN(C(=O)CCc2cn[nH]c2)C1. The van der Waals surface area contributed by atoms with Gasteiger partial charge in [-0.05, 0) is 31.2 Å². The molecule has 2 heterocycles. The lowest BCUT2D eigenvalue weighted by Gasteiger charge is -2.40. The number of aryl methyl sites for hydroxylation is 1. The third-order valence-electron chi connectivity index (χ3n) is 4.35. The van der Waals surface area contributed by atoms with Crippen molar-refractivity contribution in [2.45, 2.75) is 32.1 Å². The van der Waals surface area contributed by atoms with Gasteiger partial charge in [-0.15, -0.1) is 0 Å². The van der Waals surface area contributed by atoms with Crippen molar-refractivity contribution in [1.82, 2.24) is 15.1 Å². The van der Waals surface area contributed by atoms with Gasteiger partial charge < -0.3 is 14.7 Å². The summed E-state index contributed by atoms with van der Waals surface area (Å²) in [6, 6.07) is 0. The third-order valence-corrected chi connectivity index (χ3v) is 4.35. The Morgan fingerprint density at radius 3 is 3.00 bits per heavy atom. The van der Waals surface area contributed by atoms with E-state index >= 15 is 0 Å². The number of aromatic nitrogens is 2. The van der Waals surface area contributed by atoms with Crippen LogP contribution in [0.5, 0.6) is 0 Å². The first-order chi connectivity index (χ1) is 10.6. The second-order valence-corrected chi connectivity index (χ2v) is 5.85. The van der Waals surface area contributed by atoms with Crippen LogP contribution in [0.15, 0.2) is 12.4 Å². The highest BCUT2D eigenvalue weighted by molar-refractivity contribution is 5.80. The summed E-state index contributed by atoms with van der Waals surface area (Å²) in [6.45, 7) is 1.30. The van der Waals surface area contributed by atoms with Crippen molar-refractivity contribution in [3.8, 4) is 0 Å². The summed E-state index contributed by atoms with van der Waals surface area (Å²) >= 11 is 0. The number of hydrogen-bond donors (Lipinski definition) is 2. The Kier molecular flexibility index (Phi) is 5.54. The number of ether oxygens (including phenoxy) is 1. The molecule has 0 bridgehead atoms. The number of amides is 1. The van der Waals surface area contributed by atoms with Gasteiger partial charge in [0.15, 0.2) is 0 Å². The van der Waals surface area contributed by atoms with Gasteiger partial charge in [0.05, 0.1) is 11.6 Å². The van der Waals surface area contributed by atoms with Crippen LogP contribution in [0.3, 0.4) is 0 Å². The first kappa shape index (κ1) is 16.5. The largest absolute Gasteiger partial charge is 0.481 e. The van der Waals surface area contributed by atoms with E-state index in [1.807, 2.05) is 0 Å². The summed E-state index contributed by atoms with van der Waals surface area (Å²) in [5.41, 5.74) is 0.105. The lowest BCUT2D eigenvalue weighted by Crippen LogP contribution is -2.50. The van der Waals surface area contributed by atoms with Crippen LogP contribution in [0.25, 0.3) is 0 Å². The van der Waals surface area contributed by atoms with Crippen molar-refractivity contribution >= 4 is 11.9 Å². The van der Waals surface area contributed by atoms with Crippen LogP contribution < -0.4 is 0 Å². The minimum atomic E-state index is -0.875. The second kappa shape index (κ2) is 7.40. The summed E-state index contributed by atoms with van der Waals surface area (Å²) in [7, 11) is 1.56. The number of carbonyl (C=O) groups is 2. The average molecular weight is 309 g/mol. The standard InChI is InChI=1S/C15H23N3O4/c1-22-8-6-15(14(20)21)5-2-7-18(11-15)13(19)4-3-12-9-16-17-10-12/h9-10H,2-8,11H2,1H3,(H,16,17)(H,20,21)/t15-/m0/s1. The maximum absolute atomic E-state index is 12.3. The number of likely N-dealkylation sites (tertiary alicyclic amines) is 1. The normalized spacial score (nSPS) is 21.8. The highest BCUT2D eigenvalue weighted by atomic mass is 16.5. The van der Waals surface area contributed by atoms with Crippen LogP contribution in [0.2, 0.25) is 0 Å². The molecule has 7 nitrogen and oxygen atoms in total. The zero-order valence-corrected chi connectivity index (χ0v) is 12.9. The number of aromatic amines is 1. The second-order valence-electron chi connectivity index (χ2n) is 5.85. The molecule has 0 aliphatic carbocycles. The predicted octanol–water partition coefficient (Wildman–Crippen LogP) is 1.07. The highest BCUT2D eigenvalue weighted by Gasteiger charge is 2.43. The number of nitrogens with one attached hydrogen (secondary N) is 1. The van der Waals surface area contributed by atoms with E-state index in [1.165, 1.54) is 0 Å². The van der Waals surface area contributed by atoms with Gasteiger partial charge in [0.2, 0.25) is 5.91 Å². The van der Waals surface area contributed by atoms with Crippen molar-refractivity contribution in [2.75, 3.05) is 26.8 Å². The molecule has 1 aromatic rings. The van der Waals surface area contributed by atoms with Crippen LogP contribution >= 0.6 is 0 Å². The molecule has 0 spiro atoms. The molecule has 0 saturated carbocycles. The van der Waals surface area contributed by atoms with E-state index in [9.17, 15) is 14.7 Å². The van der Waals surface area contributed by atoms with E-state index in [0.717, 1.165) is 5.56 Å². The Labute approximate surface area is 129 Å². The zero-order valence-electron chi connectivity index (χ0n) is 12.9. The quantitative estimate of drug-likeness (QED) is 0.785. The molecule has 7 heteroatoms. The molecule has 22 heavy (non-hydrogen) atoms. The van der Waals surface area contributed by atoms with Crippen LogP contribution in [-0.2, 0) is 20.7 Å². The Balaban J connectivity index is 1.95. The molecule has 1 aromatic heterocycles. The minimum absolute atomic E-state index is 0.00365. The van der Waals surface area contributed by atoms with Gasteiger partial charge in [0, 0.05) is 39.4 Å². The molecular weight excluding hydrogens is 286 g/mol. The van der Waals surface area contributed by atoms with Gasteiger partial charge >= 0.3 is 5.97 Å². The number of nitrogens with zero attached hydrogens (tertiary/aromatic N) is 2. The molecule has 2 rings (SSSR count). The number of hydrogen-bond acceptors (Lipinski definition) is 4. The number of carbonyl (C=O) groups excluding carboxylic acids is 1. The molecule has 1 aliphatic heterocycles. The molecule has 0 aromatic carbocycles. The van der Waals surface area contributed by atoms with Gasteiger partial charge in [-0.3, -0.25) is 14.7 Å². The molecule has 122 valence electrons. The fourth-order valence-corrected chi connectivity index (χ4v) is 2.95. The lowest BCUT2D eigenvalue weighted by molar-refractivity contribution is -0.156. The molecule has 1 saturated heterocycles. The van der Waals surface area contributed by atoms with Crippen molar-refractivity contribution in [3.63, 3.8) is 0 Å². The molecule has 0 unspecified atom stereocenters. The summed E-state index contributed by atoms with van der Waals surface area (Å²) in [5.74, 6) is -0.833. The summed E-state index contributed by atoms with van der Waals surface area (Å²) in [6.07, 6.45) is 6.20. The fraction of sp³-hybridized carbons (Fsp3) is 0.667. The van der Waals surface area contributed by atoms with Crippen molar-refractivity contribution in [1.29, 1.82) is 0 Å². The molecule has 1 aliphatic rings. The van der Waals surface area contributed by atoms with E-state index in [2.05, 4.69) is 10.2 Å². The zero-order chi connectivity index (χ0) is 16.0. The number of methoxy groups -OCH3 is 1. The van der Waals surface area contributed by atoms with Crippen LogP contribution in [0.4, 0.5) is 0 Å². The monoisotopic (exact) mass is 309 g/mol. The first-order valence-electron chi connectivity index (χ1n) is 7.55. The molecular formula is C15H23N3O4. The molecule has 1 amide bonds. The number of H-pyrrole nitrogens is 1. The van der Waals surface area contributed by atoms with Crippen molar-refractivity contribution < 1.29 is 19.4 Å². The molecule has 2 N–H and O–H groups in total. The number of rotatable bonds is 7. The third kappa shape index (κ3) is 3.85. The molecule has 1 fully saturated rings. The summed E-state index contributed by atoms with van der Waals surface area (Å²) in [5, 5.41) is 16.2. The molecule has 1 atom stereocenters. The van der Waals surface area contributed by atoms with Crippen LogP contribution in [0.1, 0.15) is 31.2 Å². The smallest absolute Gasteiger partial charge is 0.311 e. The Morgan fingerprint density at radius 2 is 2.36 bits per heavy atom. The predicted molar refractivity (Wildman–Crippen MR) is 79.3 cm³/mol. The lowest BCUT2D eigenvalue weighted by atomic mass is 9.77. The first-order valence-corrected chi connectivity index (χ1v) is 7.55. The number of aliphatic carboxylic acids is 1. The van der Waals surface area contributed by atoms with E-state index in [1.54, 1.807) is 24.4 Å². The van der Waals surface area contributed by atoms with Crippen LogP contribution in [-0.4, -0.2) is 58.9 Å². The van der Waals surface area contributed by atoms with Gasteiger partial charge in [0.1, 0.15) is 0 Å². The number of carboxylic acids is 1. The number of piperidine rings is 1. The minimum Gasteiger partial charge on any atom is -0.481 e. The number of carboxylic acid groups (broad SMARTS) is 1. The maximum Gasteiger partial charge on any atom is 0.311 e. The van der Waals surface area contributed by atoms with Gasteiger partial charge in [-0.1, -0.05) is 0 Å². The van der Waals surface area contributed by atoms with E-state index in [-0.39, 0.29) is 12.5 Å². The van der Waals surface area contributed by atoms with Gasteiger partial charge in [0.25, 0.3) is 0 Å². The maximum atomic E-state index is 12.3. The summed E-state index contributed by atoms with van der Waals surface area (Å²) in [4.78, 5) is 25.7. The fourth-order valence-electron chi connectivity index (χ4n) is 2.95. The molecule has 0 radical (unpaired) electrons. The average Bonchev–Trinajstić information content (AvgIpc) is 3.04. The van der Waals surface area contributed by atoms with Crippen LogP contribution in [0, 0.1) is 5.41 Å². The van der Waals surface area contributed by atoms with E-state index < -0.39 is 11.4 Å².